The topological polar surface area (TPSA) is 6.48 Å². The molecule has 17 heavy (non-hydrogen) atoms. The van der Waals surface area contributed by atoms with Crippen molar-refractivity contribution in [3.8, 4) is 0 Å². The third-order valence-electron chi connectivity index (χ3n) is 4.99. The second-order valence-electron chi connectivity index (χ2n) is 6.45. The molecule has 2 aliphatic heterocycles. The van der Waals surface area contributed by atoms with E-state index in [2.05, 4.69) is 30.9 Å². The zero-order valence-electron chi connectivity index (χ0n) is 12.0. The largest absolute Gasteiger partial charge is 0.309 e. The Labute approximate surface area is 107 Å². The van der Waals surface area contributed by atoms with Gasteiger partial charge in [-0.3, -0.25) is 0 Å². The highest BCUT2D eigenvalue weighted by Gasteiger charge is 2.33. The summed E-state index contributed by atoms with van der Waals surface area (Å²) in [6, 6.07) is 1.77. The molecule has 0 spiro atoms. The first kappa shape index (κ1) is 13.4. The summed E-state index contributed by atoms with van der Waals surface area (Å²) >= 11 is 0. The van der Waals surface area contributed by atoms with Crippen molar-refractivity contribution in [2.24, 2.45) is 5.92 Å². The van der Waals surface area contributed by atoms with E-state index in [0.717, 1.165) is 18.0 Å². The van der Waals surface area contributed by atoms with Crippen LogP contribution in [0.4, 0.5) is 0 Å². The molecule has 0 N–H and O–H groups in total. The molecule has 0 unspecified atom stereocenters. The Balaban J connectivity index is 1.99. The number of hydrogen-bond acceptors (Lipinski definition) is 2. The summed E-state index contributed by atoms with van der Waals surface area (Å²) in [5.41, 5.74) is 0. The predicted octanol–water partition coefficient (Wildman–Crippen LogP) is 2.98. The van der Waals surface area contributed by atoms with Gasteiger partial charge in [-0.2, -0.15) is 0 Å². The van der Waals surface area contributed by atoms with Crippen molar-refractivity contribution >= 4 is 0 Å². The van der Waals surface area contributed by atoms with Gasteiger partial charge in [0, 0.05) is 12.1 Å². The SMILES string of the molecule is CN(C)CC[C@H]1CCC[C@H]2CCCC[C@H]1N2C. The number of fused-ring (bicyclic) bond motifs is 2. The summed E-state index contributed by atoms with van der Waals surface area (Å²) in [4.78, 5) is 5.10. The average Bonchev–Trinajstić information content (AvgIpc) is 2.56. The Morgan fingerprint density at radius 3 is 2.47 bits per heavy atom. The van der Waals surface area contributed by atoms with E-state index in [4.69, 9.17) is 0 Å². The molecule has 2 aliphatic rings. The summed E-state index contributed by atoms with van der Waals surface area (Å²) in [7, 11) is 6.81. The van der Waals surface area contributed by atoms with Crippen molar-refractivity contribution in [1.29, 1.82) is 0 Å². The number of nitrogens with zero attached hydrogens (tertiary/aromatic N) is 2. The zero-order valence-corrected chi connectivity index (χ0v) is 12.0. The van der Waals surface area contributed by atoms with Crippen molar-refractivity contribution in [3.63, 3.8) is 0 Å². The van der Waals surface area contributed by atoms with E-state index in [0.29, 0.717) is 0 Å². The summed E-state index contributed by atoms with van der Waals surface area (Å²) in [6.07, 6.45) is 11.6. The van der Waals surface area contributed by atoms with Crippen LogP contribution < -0.4 is 0 Å². The van der Waals surface area contributed by atoms with Crippen molar-refractivity contribution in [2.45, 2.75) is 63.5 Å². The maximum absolute atomic E-state index is 2.75. The molecule has 2 fully saturated rings. The van der Waals surface area contributed by atoms with Crippen molar-refractivity contribution in [2.75, 3.05) is 27.7 Å². The fourth-order valence-corrected chi connectivity index (χ4v) is 3.90. The molecule has 0 aromatic heterocycles. The van der Waals surface area contributed by atoms with E-state index in [9.17, 15) is 0 Å². The molecule has 2 rings (SSSR count). The van der Waals surface area contributed by atoms with E-state index >= 15 is 0 Å². The monoisotopic (exact) mass is 238 g/mol. The maximum Gasteiger partial charge on any atom is 0.0124 e. The van der Waals surface area contributed by atoms with Crippen LogP contribution in [0, 0.1) is 5.92 Å². The lowest BCUT2D eigenvalue weighted by Crippen LogP contribution is -2.41. The molecule has 0 amide bonds. The molecule has 0 aliphatic carbocycles. The van der Waals surface area contributed by atoms with Crippen LogP contribution in [0.5, 0.6) is 0 Å². The van der Waals surface area contributed by atoms with Crippen LogP contribution in [-0.2, 0) is 0 Å². The molecule has 100 valence electrons. The second-order valence-corrected chi connectivity index (χ2v) is 6.45. The van der Waals surface area contributed by atoms with Gasteiger partial charge in [0.25, 0.3) is 0 Å². The highest BCUT2D eigenvalue weighted by Crippen LogP contribution is 2.35. The Hall–Kier alpha value is -0.0800. The van der Waals surface area contributed by atoms with Gasteiger partial charge in [0.15, 0.2) is 0 Å². The van der Waals surface area contributed by atoms with E-state index in [1.165, 1.54) is 57.9 Å². The van der Waals surface area contributed by atoms with Gasteiger partial charge >= 0.3 is 0 Å². The second kappa shape index (κ2) is 6.19. The molecule has 0 radical (unpaired) electrons. The Morgan fingerprint density at radius 1 is 1.00 bits per heavy atom. The fraction of sp³-hybridized carbons (Fsp3) is 1.00. The number of rotatable bonds is 3. The van der Waals surface area contributed by atoms with Gasteiger partial charge in [-0.15, -0.1) is 0 Å². The van der Waals surface area contributed by atoms with Gasteiger partial charge in [-0.05, 0) is 65.7 Å². The summed E-state index contributed by atoms with van der Waals surface area (Å²) < 4.78 is 0. The van der Waals surface area contributed by atoms with E-state index in [1.54, 1.807) is 0 Å². The van der Waals surface area contributed by atoms with Crippen LogP contribution in [-0.4, -0.2) is 49.6 Å². The van der Waals surface area contributed by atoms with Crippen LogP contribution in [0.2, 0.25) is 0 Å². The van der Waals surface area contributed by atoms with Crippen molar-refractivity contribution in [3.05, 3.63) is 0 Å². The average molecular weight is 238 g/mol. The number of hydrogen-bond donors (Lipinski definition) is 0. The minimum absolute atomic E-state index is 0.880. The van der Waals surface area contributed by atoms with Gasteiger partial charge in [-0.1, -0.05) is 19.3 Å². The molecular weight excluding hydrogens is 208 g/mol. The minimum atomic E-state index is 0.880. The van der Waals surface area contributed by atoms with Gasteiger partial charge in [-0.25, -0.2) is 0 Å². The van der Waals surface area contributed by atoms with Crippen molar-refractivity contribution < 1.29 is 0 Å². The summed E-state index contributed by atoms with van der Waals surface area (Å²) in [5, 5.41) is 0. The van der Waals surface area contributed by atoms with Crippen LogP contribution >= 0.6 is 0 Å². The molecule has 0 aromatic rings. The first-order valence-electron chi connectivity index (χ1n) is 7.55. The van der Waals surface area contributed by atoms with E-state index in [-0.39, 0.29) is 0 Å². The van der Waals surface area contributed by atoms with Gasteiger partial charge in [0.05, 0.1) is 0 Å². The molecule has 2 nitrogen and oxygen atoms in total. The first-order chi connectivity index (χ1) is 8.18. The lowest BCUT2D eigenvalue weighted by Gasteiger charge is -2.35. The highest BCUT2D eigenvalue weighted by atomic mass is 15.2. The quantitative estimate of drug-likeness (QED) is 0.746. The first-order valence-corrected chi connectivity index (χ1v) is 7.55. The summed E-state index contributed by atoms with van der Waals surface area (Å²) in [6.45, 7) is 1.26. The van der Waals surface area contributed by atoms with Gasteiger partial charge in [0.2, 0.25) is 0 Å². The molecule has 2 saturated heterocycles. The molecule has 2 heteroatoms. The standard InChI is InChI=1S/C15H30N2/c1-16(2)12-11-13-7-6-9-14-8-4-5-10-15(13)17(14)3/h13-15H,4-12H2,1-3H3/t13-,14-,15-/m1/s1. The third kappa shape index (κ3) is 3.45. The summed E-state index contributed by atoms with van der Waals surface area (Å²) in [5.74, 6) is 0.950. The molecule has 3 atom stereocenters. The Morgan fingerprint density at radius 2 is 1.71 bits per heavy atom. The van der Waals surface area contributed by atoms with Crippen LogP contribution in [0.1, 0.15) is 51.4 Å². The van der Waals surface area contributed by atoms with Crippen molar-refractivity contribution in [1.82, 2.24) is 9.80 Å². The lowest BCUT2D eigenvalue weighted by molar-refractivity contribution is 0.131. The van der Waals surface area contributed by atoms with Crippen LogP contribution in [0.15, 0.2) is 0 Å². The molecular formula is C15H30N2. The molecule has 0 saturated carbocycles. The van der Waals surface area contributed by atoms with Crippen LogP contribution in [0.25, 0.3) is 0 Å². The smallest absolute Gasteiger partial charge is 0.0124 e. The fourth-order valence-electron chi connectivity index (χ4n) is 3.90. The molecule has 2 heterocycles. The minimum Gasteiger partial charge on any atom is -0.309 e. The Kier molecular flexibility index (Phi) is 4.87. The molecule has 2 bridgehead atoms. The lowest BCUT2D eigenvalue weighted by atomic mass is 9.88. The maximum atomic E-state index is 2.75. The normalized spacial score (nSPS) is 35.6. The Bertz CT molecular complexity index is 227. The highest BCUT2D eigenvalue weighted by molar-refractivity contribution is 4.88. The van der Waals surface area contributed by atoms with Gasteiger partial charge in [0.1, 0.15) is 0 Å². The van der Waals surface area contributed by atoms with E-state index in [1.807, 2.05) is 0 Å². The molecule has 0 aromatic carbocycles. The predicted molar refractivity (Wildman–Crippen MR) is 74.3 cm³/mol. The third-order valence-corrected chi connectivity index (χ3v) is 4.99. The van der Waals surface area contributed by atoms with Gasteiger partial charge < -0.3 is 9.80 Å². The van der Waals surface area contributed by atoms with E-state index < -0.39 is 0 Å². The van der Waals surface area contributed by atoms with Crippen LogP contribution in [0.3, 0.4) is 0 Å². The zero-order chi connectivity index (χ0) is 12.3.